The third-order valence-corrected chi connectivity index (χ3v) is 3.38. The van der Waals surface area contributed by atoms with E-state index in [4.69, 9.17) is 4.74 Å². The van der Waals surface area contributed by atoms with Gasteiger partial charge >= 0.3 is 0 Å². The molecule has 1 rings (SSSR count). The Hall–Kier alpha value is -1.10. The molecular weight excluding hydrogens is 262 g/mol. The zero-order valence-electron chi connectivity index (χ0n) is 14.1. The summed E-state index contributed by atoms with van der Waals surface area (Å²) in [6, 6.07) is 8.33. The summed E-state index contributed by atoms with van der Waals surface area (Å²) in [5.74, 6) is 0.957. The lowest BCUT2D eigenvalue weighted by molar-refractivity contribution is 0.194. The molecule has 0 spiro atoms. The van der Waals surface area contributed by atoms with Crippen LogP contribution in [0.15, 0.2) is 24.3 Å². The van der Waals surface area contributed by atoms with E-state index in [0.29, 0.717) is 0 Å². The number of benzene rings is 1. The molecule has 1 aromatic carbocycles. The van der Waals surface area contributed by atoms with Gasteiger partial charge in [-0.25, -0.2) is 0 Å². The van der Waals surface area contributed by atoms with Crippen LogP contribution in [0.5, 0.6) is 5.75 Å². The molecule has 0 saturated heterocycles. The number of hydrogen-bond donors (Lipinski definition) is 1. The average Bonchev–Trinajstić information content (AvgIpc) is 2.47. The molecule has 1 N–H and O–H groups in total. The molecule has 0 amide bonds. The first kappa shape index (κ1) is 18.0. The van der Waals surface area contributed by atoms with Crippen LogP contribution in [0.4, 0.5) is 0 Å². The van der Waals surface area contributed by atoms with E-state index in [1.54, 1.807) is 0 Å². The Kier molecular flexibility index (Phi) is 9.06. The van der Waals surface area contributed by atoms with E-state index in [-0.39, 0.29) is 0 Å². The van der Waals surface area contributed by atoms with Gasteiger partial charge in [-0.2, -0.15) is 0 Å². The number of likely N-dealkylation sites (N-methyl/N-ethyl adjacent to an activating group) is 1. The summed E-state index contributed by atoms with van der Waals surface area (Å²) in [6.45, 7) is 8.19. The summed E-state index contributed by atoms with van der Waals surface area (Å²) in [5.41, 5.74) is 1.28. The van der Waals surface area contributed by atoms with Crippen molar-refractivity contribution in [2.45, 2.75) is 19.9 Å². The van der Waals surface area contributed by atoms with Gasteiger partial charge in [0.05, 0.1) is 0 Å². The third kappa shape index (κ3) is 8.05. The van der Waals surface area contributed by atoms with Gasteiger partial charge in [-0.15, -0.1) is 0 Å². The highest BCUT2D eigenvalue weighted by atomic mass is 16.5. The van der Waals surface area contributed by atoms with E-state index in [9.17, 15) is 0 Å². The number of nitrogens with zero attached hydrogens (tertiary/aromatic N) is 2. The summed E-state index contributed by atoms with van der Waals surface area (Å²) in [7, 11) is 6.20. The number of rotatable bonds is 11. The van der Waals surface area contributed by atoms with Gasteiger partial charge in [0, 0.05) is 26.2 Å². The second kappa shape index (κ2) is 10.6. The molecule has 0 saturated carbocycles. The molecule has 4 heteroatoms. The summed E-state index contributed by atoms with van der Waals surface area (Å²) < 4.78 is 5.85. The molecule has 0 aliphatic heterocycles. The van der Waals surface area contributed by atoms with Crippen LogP contribution in [0.25, 0.3) is 0 Å². The Morgan fingerprint density at radius 2 is 1.71 bits per heavy atom. The first-order chi connectivity index (χ1) is 10.2. The van der Waals surface area contributed by atoms with Gasteiger partial charge in [0.1, 0.15) is 12.4 Å². The standard InChI is InChI=1S/C17H31N3O/c1-5-10-20(12-11-19(3)4)13-14-21-17-8-6-16(7-9-17)15-18-2/h6-9,18H,5,10-15H2,1-4H3. The SMILES string of the molecule is CCCN(CCOc1ccc(CNC)cc1)CCN(C)C. The van der Waals surface area contributed by atoms with E-state index < -0.39 is 0 Å². The van der Waals surface area contributed by atoms with Gasteiger partial charge < -0.3 is 15.0 Å². The molecular formula is C17H31N3O. The van der Waals surface area contributed by atoms with Crippen LogP contribution in [0.3, 0.4) is 0 Å². The lowest BCUT2D eigenvalue weighted by Crippen LogP contribution is -2.35. The van der Waals surface area contributed by atoms with Crippen LogP contribution in [0, 0.1) is 0 Å². The van der Waals surface area contributed by atoms with E-state index >= 15 is 0 Å². The maximum absolute atomic E-state index is 5.85. The highest BCUT2D eigenvalue weighted by molar-refractivity contribution is 5.27. The molecule has 0 aromatic heterocycles. The maximum Gasteiger partial charge on any atom is 0.119 e. The predicted molar refractivity (Wildman–Crippen MR) is 90.0 cm³/mol. The summed E-state index contributed by atoms with van der Waals surface area (Å²) in [6.07, 6.45) is 1.19. The smallest absolute Gasteiger partial charge is 0.119 e. The number of hydrogen-bond acceptors (Lipinski definition) is 4. The Labute approximate surface area is 130 Å². The van der Waals surface area contributed by atoms with Crippen LogP contribution in [0.1, 0.15) is 18.9 Å². The second-order valence-electron chi connectivity index (χ2n) is 5.67. The minimum Gasteiger partial charge on any atom is -0.492 e. The fraction of sp³-hybridized carbons (Fsp3) is 0.647. The average molecular weight is 293 g/mol. The second-order valence-corrected chi connectivity index (χ2v) is 5.67. The Balaban J connectivity index is 2.31. The van der Waals surface area contributed by atoms with Crippen LogP contribution < -0.4 is 10.1 Å². The van der Waals surface area contributed by atoms with Crippen LogP contribution >= 0.6 is 0 Å². The molecule has 21 heavy (non-hydrogen) atoms. The molecule has 0 bridgehead atoms. The summed E-state index contributed by atoms with van der Waals surface area (Å²) in [4.78, 5) is 4.69. The van der Waals surface area contributed by atoms with E-state index in [1.165, 1.54) is 12.0 Å². The molecule has 4 nitrogen and oxygen atoms in total. The van der Waals surface area contributed by atoms with Gasteiger partial charge in [-0.1, -0.05) is 19.1 Å². The van der Waals surface area contributed by atoms with Crippen molar-refractivity contribution in [2.24, 2.45) is 0 Å². The van der Waals surface area contributed by atoms with Crippen molar-refractivity contribution >= 4 is 0 Å². The zero-order chi connectivity index (χ0) is 15.5. The number of ether oxygens (including phenoxy) is 1. The molecule has 0 unspecified atom stereocenters. The summed E-state index contributed by atoms with van der Waals surface area (Å²) in [5, 5.41) is 3.15. The maximum atomic E-state index is 5.85. The monoisotopic (exact) mass is 293 g/mol. The van der Waals surface area contributed by atoms with E-state index in [1.807, 2.05) is 7.05 Å². The normalized spacial score (nSPS) is 11.3. The van der Waals surface area contributed by atoms with Crippen molar-refractivity contribution in [1.82, 2.24) is 15.1 Å². The molecule has 0 aliphatic rings. The van der Waals surface area contributed by atoms with E-state index in [0.717, 1.165) is 45.1 Å². The fourth-order valence-corrected chi connectivity index (χ4v) is 2.19. The fourth-order valence-electron chi connectivity index (χ4n) is 2.19. The lowest BCUT2D eigenvalue weighted by Gasteiger charge is -2.23. The molecule has 1 aromatic rings. The van der Waals surface area contributed by atoms with Gasteiger partial charge in [-0.05, 0) is 51.8 Å². The van der Waals surface area contributed by atoms with Crippen LogP contribution in [-0.2, 0) is 6.54 Å². The number of nitrogens with one attached hydrogen (secondary N) is 1. The molecule has 0 fully saturated rings. The molecule has 0 aliphatic carbocycles. The topological polar surface area (TPSA) is 27.7 Å². The van der Waals surface area contributed by atoms with Crippen molar-refractivity contribution in [3.63, 3.8) is 0 Å². The minimum atomic E-state index is 0.749. The first-order valence-electron chi connectivity index (χ1n) is 7.89. The Morgan fingerprint density at radius 1 is 1.00 bits per heavy atom. The first-order valence-corrected chi connectivity index (χ1v) is 7.89. The largest absolute Gasteiger partial charge is 0.492 e. The molecule has 0 heterocycles. The van der Waals surface area contributed by atoms with Gasteiger partial charge in [0.15, 0.2) is 0 Å². The van der Waals surface area contributed by atoms with Crippen molar-refractivity contribution in [3.05, 3.63) is 29.8 Å². The van der Waals surface area contributed by atoms with Crippen LogP contribution in [0.2, 0.25) is 0 Å². The van der Waals surface area contributed by atoms with Gasteiger partial charge in [0.25, 0.3) is 0 Å². The van der Waals surface area contributed by atoms with Crippen molar-refractivity contribution in [2.75, 3.05) is 53.9 Å². The predicted octanol–water partition coefficient (Wildman–Crippen LogP) is 2.06. The van der Waals surface area contributed by atoms with Crippen molar-refractivity contribution in [1.29, 1.82) is 0 Å². The van der Waals surface area contributed by atoms with Crippen molar-refractivity contribution < 1.29 is 4.74 Å². The highest BCUT2D eigenvalue weighted by Crippen LogP contribution is 2.12. The Morgan fingerprint density at radius 3 is 2.29 bits per heavy atom. The van der Waals surface area contributed by atoms with Gasteiger partial charge in [-0.3, -0.25) is 4.90 Å². The van der Waals surface area contributed by atoms with Gasteiger partial charge in [0.2, 0.25) is 0 Å². The third-order valence-electron chi connectivity index (χ3n) is 3.38. The Bertz CT molecular complexity index is 365. The molecule has 120 valence electrons. The highest BCUT2D eigenvalue weighted by Gasteiger charge is 2.04. The molecule has 0 radical (unpaired) electrons. The van der Waals surface area contributed by atoms with E-state index in [2.05, 4.69) is 60.4 Å². The lowest BCUT2D eigenvalue weighted by atomic mass is 10.2. The minimum absolute atomic E-state index is 0.749. The van der Waals surface area contributed by atoms with Crippen molar-refractivity contribution in [3.8, 4) is 5.75 Å². The molecule has 0 atom stereocenters. The zero-order valence-corrected chi connectivity index (χ0v) is 14.1. The summed E-state index contributed by atoms with van der Waals surface area (Å²) >= 11 is 0. The van der Waals surface area contributed by atoms with Crippen LogP contribution in [-0.4, -0.2) is 63.7 Å². The quantitative estimate of drug-likeness (QED) is 0.676.